The molecule has 0 radical (unpaired) electrons. The zero-order chi connectivity index (χ0) is 14.6. The van der Waals surface area contributed by atoms with Crippen molar-refractivity contribution in [3.63, 3.8) is 0 Å². The molecule has 2 N–H and O–H groups in total. The van der Waals surface area contributed by atoms with Gasteiger partial charge < -0.3 is 10.6 Å². The second-order valence-electron chi connectivity index (χ2n) is 5.48. The van der Waals surface area contributed by atoms with Gasteiger partial charge in [-0.1, -0.05) is 13.0 Å². The number of anilines is 1. The van der Waals surface area contributed by atoms with Crippen LogP contribution < -0.4 is 10.6 Å². The SMILES string of the molecule is CCC1(C(=O)Nc2cc(C#N)ccc2C)CCNCC1. The Morgan fingerprint density at radius 2 is 2.15 bits per heavy atom. The summed E-state index contributed by atoms with van der Waals surface area (Å²) in [4.78, 5) is 12.7. The summed E-state index contributed by atoms with van der Waals surface area (Å²) in [6.45, 7) is 5.79. The van der Waals surface area contributed by atoms with Crippen LogP contribution in [0.5, 0.6) is 0 Å². The van der Waals surface area contributed by atoms with Crippen LogP contribution in [0.3, 0.4) is 0 Å². The third-order valence-electron chi connectivity index (χ3n) is 4.33. The van der Waals surface area contributed by atoms with Crippen molar-refractivity contribution in [1.82, 2.24) is 5.32 Å². The molecule has 4 nitrogen and oxygen atoms in total. The number of rotatable bonds is 3. The van der Waals surface area contributed by atoms with Crippen molar-refractivity contribution in [2.75, 3.05) is 18.4 Å². The first-order chi connectivity index (χ1) is 9.61. The monoisotopic (exact) mass is 271 g/mol. The van der Waals surface area contributed by atoms with Gasteiger partial charge in [0.15, 0.2) is 0 Å². The summed E-state index contributed by atoms with van der Waals surface area (Å²) in [7, 11) is 0. The maximum Gasteiger partial charge on any atom is 0.230 e. The van der Waals surface area contributed by atoms with E-state index in [1.165, 1.54) is 0 Å². The molecule has 20 heavy (non-hydrogen) atoms. The van der Waals surface area contributed by atoms with Crippen LogP contribution in [0.15, 0.2) is 18.2 Å². The molecule has 106 valence electrons. The summed E-state index contributed by atoms with van der Waals surface area (Å²) in [5.74, 6) is 0.0830. The number of nitriles is 1. The fourth-order valence-electron chi connectivity index (χ4n) is 2.73. The molecule has 1 amide bonds. The molecule has 1 saturated heterocycles. The van der Waals surface area contributed by atoms with E-state index in [9.17, 15) is 4.79 Å². The molecule has 1 heterocycles. The standard InChI is InChI=1S/C16H21N3O/c1-3-16(6-8-18-9-7-16)15(20)19-14-10-13(11-17)5-4-12(14)2/h4-5,10,18H,3,6-9H2,1-2H3,(H,19,20). The molecule has 0 bridgehead atoms. The molecule has 4 heteroatoms. The molecular weight excluding hydrogens is 250 g/mol. The molecule has 1 aliphatic heterocycles. The van der Waals surface area contributed by atoms with Crippen molar-refractivity contribution in [3.05, 3.63) is 29.3 Å². The molecule has 0 spiro atoms. The fraction of sp³-hybridized carbons (Fsp3) is 0.500. The molecule has 1 aliphatic rings. The van der Waals surface area contributed by atoms with Gasteiger partial charge in [0.05, 0.1) is 17.0 Å². The molecule has 0 saturated carbocycles. The Morgan fingerprint density at radius 3 is 2.75 bits per heavy atom. The lowest BCUT2D eigenvalue weighted by Crippen LogP contribution is -2.44. The molecule has 0 unspecified atom stereocenters. The van der Waals surface area contributed by atoms with Crippen LogP contribution in [0.1, 0.15) is 37.3 Å². The highest BCUT2D eigenvalue weighted by Gasteiger charge is 2.37. The van der Waals surface area contributed by atoms with Crippen molar-refractivity contribution in [3.8, 4) is 6.07 Å². The van der Waals surface area contributed by atoms with Crippen LogP contribution in [0, 0.1) is 23.7 Å². The summed E-state index contributed by atoms with van der Waals surface area (Å²) < 4.78 is 0. The van der Waals surface area contributed by atoms with Gasteiger partial charge in [-0.05, 0) is 57.0 Å². The smallest absolute Gasteiger partial charge is 0.230 e. The van der Waals surface area contributed by atoms with E-state index >= 15 is 0 Å². The van der Waals surface area contributed by atoms with Gasteiger partial charge in [0.1, 0.15) is 0 Å². The number of nitrogens with zero attached hydrogens (tertiary/aromatic N) is 1. The summed E-state index contributed by atoms with van der Waals surface area (Å²) >= 11 is 0. The van der Waals surface area contributed by atoms with Crippen molar-refractivity contribution in [1.29, 1.82) is 5.26 Å². The predicted molar refractivity (Wildman–Crippen MR) is 79.4 cm³/mol. The summed E-state index contributed by atoms with van der Waals surface area (Å²) in [6.07, 6.45) is 2.58. The quantitative estimate of drug-likeness (QED) is 0.888. The van der Waals surface area contributed by atoms with Gasteiger partial charge in [0.25, 0.3) is 0 Å². The highest BCUT2D eigenvalue weighted by atomic mass is 16.2. The first kappa shape index (κ1) is 14.5. The van der Waals surface area contributed by atoms with Gasteiger partial charge >= 0.3 is 0 Å². The minimum absolute atomic E-state index is 0.0830. The molecule has 0 atom stereocenters. The topological polar surface area (TPSA) is 64.9 Å². The van der Waals surface area contributed by atoms with Crippen LogP contribution >= 0.6 is 0 Å². The lowest BCUT2D eigenvalue weighted by Gasteiger charge is -2.35. The van der Waals surface area contributed by atoms with Gasteiger partial charge in [-0.3, -0.25) is 4.79 Å². The Bertz CT molecular complexity index is 539. The van der Waals surface area contributed by atoms with E-state index in [-0.39, 0.29) is 11.3 Å². The van der Waals surface area contributed by atoms with E-state index in [2.05, 4.69) is 23.6 Å². The molecular formula is C16H21N3O. The van der Waals surface area contributed by atoms with E-state index in [0.29, 0.717) is 5.56 Å². The highest BCUT2D eigenvalue weighted by Crippen LogP contribution is 2.34. The highest BCUT2D eigenvalue weighted by molar-refractivity contribution is 5.96. The van der Waals surface area contributed by atoms with Gasteiger partial charge in [-0.25, -0.2) is 0 Å². The van der Waals surface area contributed by atoms with E-state index in [1.54, 1.807) is 12.1 Å². The second-order valence-corrected chi connectivity index (χ2v) is 5.48. The number of nitrogens with one attached hydrogen (secondary N) is 2. The Balaban J connectivity index is 2.20. The van der Waals surface area contributed by atoms with Crippen LogP contribution in [-0.4, -0.2) is 19.0 Å². The van der Waals surface area contributed by atoms with Gasteiger partial charge in [-0.2, -0.15) is 5.26 Å². The van der Waals surface area contributed by atoms with Crippen LogP contribution in [0.4, 0.5) is 5.69 Å². The van der Waals surface area contributed by atoms with Crippen molar-refractivity contribution >= 4 is 11.6 Å². The van der Waals surface area contributed by atoms with Crippen molar-refractivity contribution in [2.24, 2.45) is 5.41 Å². The molecule has 1 aromatic rings. The Morgan fingerprint density at radius 1 is 1.45 bits per heavy atom. The predicted octanol–water partition coefficient (Wildman–Crippen LogP) is 2.59. The molecule has 1 aromatic carbocycles. The number of aryl methyl sites for hydroxylation is 1. The number of benzene rings is 1. The number of hydrogen-bond acceptors (Lipinski definition) is 3. The number of amides is 1. The van der Waals surface area contributed by atoms with Crippen LogP contribution in [0.2, 0.25) is 0 Å². The first-order valence-corrected chi connectivity index (χ1v) is 7.14. The summed E-state index contributed by atoms with van der Waals surface area (Å²) in [6, 6.07) is 7.50. The average molecular weight is 271 g/mol. The normalized spacial score (nSPS) is 17.2. The van der Waals surface area contributed by atoms with E-state index in [4.69, 9.17) is 5.26 Å². The van der Waals surface area contributed by atoms with Gasteiger partial charge in [-0.15, -0.1) is 0 Å². The number of piperidine rings is 1. The number of carbonyl (C=O) groups is 1. The molecule has 2 rings (SSSR count). The maximum atomic E-state index is 12.7. The minimum Gasteiger partial charge on any atom is -0.325 e. The lowest BCUT2D eigenvalue weighted by atomic mass is 9.76. The van der Waals surface area contributed by atoms with Crippen LogP contribution in [-0.2, 0) is 4.79 Å². The molecule has 0 aliphatic carbocycles. The second kappa shape index (κ2) is 6.06. The Labute approximate surface area is 120 Å². The van der Waals surface area contributed by atoms with Crippen LogP contribution in [0.25, 0.3) is 0 Å². The summed E-state index contributed by atoms with van der Waals surface area (Å²) in [5.41, 5.74) is 2.03. The largest absolute Gasteiger partial charge is 0.325 e. The van der Waals surface area contributed by atoms with Crippen molar-refractivity contribution in [2.45, 2.75) is 33.1 Å². The maximum absolute atomic E-state index is 12.7. The zero-order valence-electron chi connectivity index (χ0n) is 12.1. The van der Waals surface area contributed by atoms with E-state index < -0.39 is 0 Å². The Kier molecular flexibility index (Phi) is 4.41. The van der Waals surface area contributed by atoms with Gasteiger partial charge in [0, 0.05) is 5.69 Å². The zero-order valence-corrected chi connectivity index (χ0v) is 12.1. The summed E-state index contributed by atoms with van der Waals surface area (Å²) in [5, 5.41) is 15.3. The van der Waals surface area contributed by atoms with E-state index in [1.807, 2.05) is 13.0 Å². The third-order valence-corrected chi connectivity index (χ3v) is 4.33. The van der Waals surface area contributed by atoms with E-state index in [0.717, 1.165) is 43.6 Å². The van der Waals surface area contributed by atoms with Gasteiger partial charge in [0.2, 0.25) is 5.91 Å². The lowest BCUT2D eigenvalue weighted by molar-refractivity contribution is -0.127. The first-order valence-electron chi connectivity index (χ1n) is 7.14. The number of carbonyl (C=O) groups excluding carboxylic acids is 1. The minimum atomic E-state index is -0.277. The molecule has 1 fully saturated rings. The third kappa shape index (κ3) is 2.83. The average Bonchev–Trinajstić information content (AvgIpc) is 2.50. The number of hydrogen-bond donors (Lipinski definition) is 2. The fourth-order valence-corrected chi connectivity index (χ4v) is 2.73. The Hall–Kier alpha value is -1.86. The van der Waals surface area contributed by atoms with Crippen molar-refractivity contribution < 1.29 is 4.79 Å². The molecule has 0 aromatic heterocycles.